The molecule has 1 aromatic carbocycles. The number of Topliss-reactive ketones (excluding diaryl/α,β-unsaturated/α-hetero) is 1. The molecule has 2 saturated heterocycles. The predicted molar refractivity (Wildman–Crippen MR) is 94.7 cm³/mol. The van der Waals surface area contributed by atoms with Gasteiger partial charge in [-0.2, -0.15) is 4.31 Å². The number of piperidine rings is 2. The minimum absolute atomic E-state index is 0.181. The van der Waals surface area contributed by atoms with Gasteiger partial charge in [-0.1, -0.05) is 6.42 Å². The maximum atomic E-state index is 12.7. The highest BCUT2D eigenvalue weighted by Crippen LogP contribution is 2.26. The van der Waals surface area contributed by atoms with Crippen LogP contribution in [0.15, 0.2) is 29.2 Å². The third kappa shape index (κ3) is 3.64. The number of hydrogen-bond donors (Lipinski definition) is 0. The first kappa shape index (κ1) is 17.4. The topological polar surface area (TPSA) is 57.7 Å². The third-order valence-electron chi connectivity index (χ3n) is 5.22. The fourth-order valence-electron chi connectivity index (χ4n) is 3.63. The Morgan fingerprint density at radius 2 is 1.54 bits per heavy atom. The van der Waals surface area contributed by atoms with Crippen LogP contribution in [0.4, 0.5) is 5.69 Å². The monoisotopic (exact) mass is 350 g/mol. The molecule has 0 aliphatic carbocycles. The van der Waals surface area contributed by atoms with Gasteiger partial charge in [-0.15, -0.1) is 0 Å². The van der Waals surface area contributed by atoms with Gasteiger partial charge in [0, 0.05) is 37.8 Å². The highest BCUT2D eigenvalue weighted by molar-refractivity contribution is 7.89. The van der Waals surface area contributed by atoms with E-state index in [9.17, 15) is 13.2 Å². The molecule has 2 heterocycles. The molecule has 132 valence electrons. The third-order valence-corrected chi connectivity index (χ3v) is 7.14. The summed E-state index contributed by atoms with van der Waals surface area (Å²) in [4.78, 5) is 14.1. The summed E-state index contributed by atoms with van der Waals surface area (Å²) in [5, 5.41) is 0. The van der Waals surface area contributed by atoms with Gasteiger partial charge in [0.15, 0.2) is 0 Å². The summed E-state index contributed by atoms with van der Waals surface area (Å²) < 4.78 is 26.9. The van der Waals surface area contributed by atoms with E-state index in [1.807, 2.05) is 12.1 Å². The van der Waals surface area contributed by atoms with Crippen LogP contribution in [0.5, 0.6) is 0 Å². The SMILES string of the molecule is CC(=O)C1CCN(c2ccc(S(=O)(=O)N3CCCCC3)cc2)CC1. The molecule has 0 aromatic heterocycles. The summed E-state index contributed by atoms with van der Waals surface area (Å²) in [7, 11) is -3.36. The van der Waals surface area contributed by atoms with E-state index in [0.29, 0.717) is 18.0 Å². The van der Waals surface area contributed by atoms with Gasteiger partial charge in [-0.25, -0.2) is 8.42 Å². The average Bonchev–Trinajstić information content (AvgIpc) is 2.62. The highest BCUT2D eigenvalue weighted by atomic mass is 32.2. The molecule has 0 atom stereocenters. The number of carbonyl (C=O) groups excluding carboxylic acids is 1. The van der Waals surface area contributed by atoms with Gasteiger partial charge >= 0.3 is 0 Å². The van der Waals surface area contributed by atoms with Crippen molar-refractivity contribution < 1.29 is 13.2 Å². The maximum Gasteiger partial charge on any atom is 0.243 e. The zero-order chi connectivity index (χ0) is 17.2. The summed E-state index contributed by atoms with van der Waals surface area (Å²) in [6.07, 6.45) is 4.76. The number of ketones is 1. The number of nitrogens with zero attached hydrogens (tertiary/aromatic N) is 2. The van der Waals surface area contributed by atoms with Crippen molar-refractivity contribution in [1.82, 2.24) is 4.31 Å². The molecule has 0 saturated carbocycles. The van der Waals surface area contributed by atoms with Crippen molar-refractivity contribution in [1.29, 1.82) is 0 Å². The number of hydrogen-bond acceptors (Lipinski definition) is 4. The standard InChI is InChI=1S/C18H26N2O3S/c1-15(21)16-9-13-19(14-10-16)17-5-7-18(8-6-17)24(22,23)20-11-3-2-4-12-20/h5-8,16H,2-4,9-14H2,1H3. The van der Waals surface area contributed by atoms with Crippen LogP contribution in [0.3, 0.4) is 0 Å². The van der Waals surface area contributed by atoms with Crippen LogP contribution in [0.2, 0.25) is 0 Å². The molecule has 0 radical (unpaired) electrons. The Bertz CT molecular complexity index is 671. The summed E-state index contributed by atoms with van der Waals surface area (Å²) in [6.45, 7) is 4.62. The van der Waals surface area contributed by atoms with Crippen LogP contribution < -0.4 is 4.90 Å². The summed E-state index contributed by atoms with van der Waals surface area (Å²) in [5.74, 6) is 0.456. The highest BCUT2D eigenvalue weighted by Gasteiger charge is 2.26. The molecule has 2 aliphatic heterocycles. The van der Waals surface area contributed by atoms with Crippen molar-refractivity contribution >= 4 is 21.5 Å². The number of rotatable bonds is 4. The number of sulfonamides is 1. The fourth-order valence-corrected chi connectivity index (χ4v) is 5.14. The first-order valence-corrected chi connectivity index (χ1v) is 10.3. The van der Waals surface area contributed by atoms with E-state index in [0.717, 1.165) is 50.9 Å². The van der Waals surface area contributed by atoms with E-state index < -0.39 is 10.0 Å². The minimum atomic E-state index is -3.36. The molecular weight excluding hydrogens is 324 g/mol. The second-order valence-corrected chi connectivity index (χ2v) is 8.77. The first-order valence-electron chi connectivity index (χ1n) is 8.84. The zero-order valence-corrected chi connectivity index (χ0v) is 15.1. The van der Waals surface area contributed by atoms with Crippen molar-refractivity contribution in [3.05, 3.63) is 24.3 Å². The molecule has 24 heavy (non-hydrogen) atoms. The molecule has 6 heteroatoms. The molecule has 0 N–H and O–H groups in total. The lowest BCUT2D eigenvalue weighted by molar-refractivity contribution is -0.121. The number of carbonyl (C=O) groups is 1. The van der Waals surface area contributed by atoms with Gasteiger partial charge < -0.3 is 4.90 Å². The Morgan fingerprint density at radius 3 is 2.08 bits per heavy atom. The van der Waals surface area contributed by atoms with Gasteiger partial charge in [0.25, 0.3) is 0 Å². The smallest absolute Gasteiger partial charge is 0.243 e. The predicted octanol–water partition coefficient (Wildman–Crippen LogP) is 2.67. The second kappa shape index (κ2) is 7.23. The van der Waals surface area contributed by atoms with Crippen LogP contribution >= 0.6 is 0 Å². The van der Waals surface area contributed by atoms with E-state index in [-0.39, 0.29) is 11.7 Å². The second-order valence-electron chi connectivity index (χ2n) is 6.83. The van der Waals surface area contributed by atoms with Crippen molar-refractivity contribution in [3.63, 3.8) is 0 Å². The molecule has 2 fully saturated rings. The molecule has 0 amide bonds. The van der Waals surface area contributed by atoms with Gasteiger partial charge in [0.05, 0.1) is 4.90 Å². The number of anilines is 1. The molecule has 2 aliphatic rings. The Labute approximate surface area is 144 Å². The fraction of sp³-hybridized carbons (Fsp3) is 0.611. The normalized spacial score (nSPS) is 21.0. The van der Waals surface area contributed by atoms with Crippen molar-refractivity contribution in [2.24, 2.45) is 5.92 Å². The Hall–Kier alpha value is -1.40. The molecule has 0 bridgehead atoms. The van der Waals surface area contributed by atoms with Crippen LogP contribution in [0.1, 0.15) is 39.0 Å². The van der Waals surface area contributed by atoms with Crippen molar-refractivity contribution in [2.75, 3.05) is 31.1 Å². The van der Waals surface area contributed by atoms with Crippen LogP contribution in [0, 0.1) is 5.92 Å². The summed E-state index contributed by atoms with van der Waals surface area (Å²) in [5.41, 5.74) is 1.04. The maximum absolute atomic E-state index is 12.7. The quantitative estimate of drug-likeness (QED) is 0.838. The van der Waals surface area contributed by atoms with E-state index >= 15 is 0 Å². The Morgan fingerprint density at radius 1 is 0.958 bits per heavy atom. The summed E-state index contributed by atoms with van der Waals surface area (Å²) >= 11 is 0. The van der Waals surface area contributed by atoms with Crippen molar-refractivity contribution in [3.8, 4) is 0 Å². The van der Waals surface area contributed by atoms with Gasteiger partial charge in [-0.3, -0.25) is 4.79 Å². The summed E-state index contributed by atoms with van der Waals surface area (Å²) in [6, 6.07) is 7.22. The molecule has 0 unspecified atom stereocenters. The molecule has 1 aromatic rings. The molecule has 0 spiro atoms. The molecular formula is C18H26N2O3S. The van der Waals surface area contributed by atoms with Gasteiger partial charge in [-0.05, 0) is 56.9 Å². The largest absolute Gasteiger partial charge is 0.371 e. The van der Waals surface area contributed by atoms with Crippen LogP contribution in [0.25, 0.3) is 0 Å². The van der Waals surface area contributed by atoms with E-state index in [1.54, 1.807) is 23.4 Å². The van der Waals surface area contributed by atoms with E-state index in [4.69, 9.17) is 0 Å². The van der Waals surface area contributed by atoms with E-state index in [2.05, 4.69) is 4.90 Å². The van der Waals surface area contributed by atoms with Crippen molar-refractivity contribution in [2.45, 2.75) is 43.9 Å². The Kier molecular flexibility index (Phi) is 5.25. The lowest BCUT2D eigenvalue weighted by Crippen LogP contribution is -2.36. The lowest BCUT2D eigenvalue weighted by Gasteiger charge is -2.32. The Balaban J connectivity index is 1.68. The zero-order valence-electron chi connectivity index (χ0n) is 14.3. The van der Waals surface area contributed by atoms with Gasteiger partial charge in [0.1, 0.15) is 5.78 Å². The molecule has 5 nitrogen and oxygen atoms in total. The van der Waals surface area contributed by atoms with Crippen LogP contribution in [-0.2, 0) is 14.8 Å². The van der Waals surface area contributed by atoms with E-state index in [1.165, 1.54) is 0 Å². The minimum Gasteiger partial charge on any atom is -0.371 e. The molecule has 3 rings (SSSR count). The van der Waals surface area contributed by atoms with Crippen LogP contribution in [-0.4, -0.2) is 44.7 Å². The first-order chi connectivity index (χ1) is 11.5. The number of benzene rings is 1. The van der Waals surface area contributed by atoms with Gasteiger partial charge in [0.2, 0.25) is 10.0 Å². The average molecular weight is 350 g/mol. The lowest BCUT2D eigenvalue weighted by atomic mass is 9.93.